The van der Waals surface area contributed by atoms with Crippen molar-refractivity contribution in [3.05, 3.63) is 87.2 Å². The number of methoxy groups -OCH3 is 1. The van der Waals surface area contributed by atoms with Crippen molar-refractivity contribution in [3.63, 3.8) is 0 Å². The van der Waals surface area contributed by atoms with Crippen molar-refractivity contribution in [2.24, 2.45) is 0 Å². The number of anilines is 1. The highest BCUT2D eigenvalue weighted by Crippen LogP contribution is 2.42. The van der Waals surface area contributed by atoms with Crippen LogP contribution in [0.25, 0.3) is 5.76 Å². The minimum Gasteiger partial charge on any atom is -0.507 e. The second-order valence-corrected chi connectivity index (χ2v) is 7.05. The van der Waals surface area contributed by atoms with E-state index in [4.69, 9.17) is 9.26 Å². The lowest BCUT2D eigenvalue weighted by Gasteiger charge is -2.22. The summed E-state index contributed by atoms with van der Waals surface area (Å²) in [5, 5.41) is 25.9. The van der Waals surface area contributed by atoms with Gasteiger partial charge in [-0.2, -0.15) is 0 Å². The highest BCUT2D eigenvalue weighted by Gasteiger charge is 2.48. The second kappa shape index (κ2) is 7.99. The zero-order valence-electron chi connectivity index (χ0n) is 17.0. The first-order valence-electron chi connectivity index (χ1n) is 9.45. The molecule has 0 aliphatic carbocycles. The molecule has 1 amide bonds. The number of aryl methyl sites for hydroxylation is 1. The maximum Gasteiger partial charge on any atom is 0.301 e. The molecule has 1 fully saturated rings. The van der Waals surface area contributed by atoms with Crippen molar-refractivity contribution in [2.75, 3.05) is 12.0 Å². The number of aromatic nitrogens is 1. The van der Waals surface area contributed by atoms with Crippen LogP contribution in [0.1, 0.15) is 22.9 Å². The molecule has 162 valence electrons. The summed E-state index contributed by atoms with van der Waals surface area (Å²) in [4.78, 5) is 37.6. The first kappa shape index (κ1) is 20.8. The van der Waals surface area contributed by atoms with Gasteiger partial charge in [0.2, 0.25) is 0 Å². The van der Waals surface area contributed by atoms with E-state index < -0.39 is 28.4 Å². The number of aliphatic hydroxyl groups is 1. The molecule has 0 bridgehead atoms. The average Bonchev–Trinajstić information content (AvgIpc) is 3.34. The van der Waals surface area contributed by atoms with Crippen LogP contribution in [-0.4, -0.2) is 34.0 Å². The summed E-state index contributed by atoms with van der Waals surface area (Å²) in [5.74, 6) is -1.30. The molecule has 1 aromatic heterocycles. The number of aliphatic hydroxyl groups excluding tert-OH is 1. The van der Waals surface area contributed by atoms with Gasteiger partial charge in [0.1, 0.15) is 17.3 Å². The van der Waals surface area contributed by atoms with Crippen molar-refractivity contribution in [3.8, 4) is 5.75 Å². The number of amides is 1. The molecule has 1 aliphatic rings. The first-order valence-corrected chi connectivity index (χ1v) is 9.45. The topological polar surface area (TPSA) is 136 Å². The van der Waals surface area contributed by atoms with Gasteiger partial charge in [0.05, 0.1) is 23.6 Å². The molecular weight excluding hydrogens is 418 g/mol. The predicted octanol–water partition coefficient (Wildman–Crippen LogP) is 3.53. The van der Waals surface area contributed by atoms with E-state index in [0.717, 1.165) is 4.90 Å². The summed E-state index contributed by atoms with van der Waals surface area (Å²) in [6.07, 6.45) is 0. The molecule has 1 N–H and O–H groups in total. The average molecular weight is 435 g/mol. The third kappa shape index (κ3) is 3.47. The number of ketones is 1. The number of hydrogen-bond acceptors (Lipinski definition) is 8. The Bertz CT molecular complexity index is 1260. The lowest BCUT2D eigenvalue weighted by molar-refractivity contribution is -0.384. The third-order valence-electron chi connectivity index (χ3n) is 5.07. The van der Waals surface area contributed by atoms with Crippen LogP contribution in [0.5, 0.6) is 5.75 Å². The van der Waals surface area contributed by atoms with Crippen LogP contribution >= 0.6 is 0 Å². The number of nitro groups is 1. The molecular formula is C22H17N3O7. The minimum atomic E-state index is -1.08. The van der Waals surface area contributed by atoms with E-state index in [1.165, 1.54) is 43.5 Å². The Hall–Kier alpha value is -4.47. The fourth-order valence-corrected chi connectivity index (χ4v) is 3.56. The van der Waals surface area contributed by atoms with Gasteiger partial charge in [-0.15, -0.1) is 0 Å². The van der Waals surface area contributed by atoms with E-state index in [-0.39, 0.29) is 22.6 Å². The van der Waals surface area contributed by atoms with Crippen molar-refractivity contribution in [1.82, 2.24) is 5.16 Å². The Morgan fingerprint density at radius 2 is 1.91 bits per heavy atom. The van der Waals surface area contributed by atoms with Crippen LogP contribution in [-0.2, 0) is 9.59 Å². The first-order chi connectivity index (χ1) is 15.3. The molecule has 2 aromatic carbocycles. The van der Waals surface area contributed by atoms with Crippen LogP contribution in [0.3, 0.4) is 0 Å². The zero-order chi connectivity index (χ0) is 23.0. The Morgan fingerprint density at radius 3 is 2.50 bits per heavy atom. The van der Waals surface area contributed by atoms with E-state index in [1.807, 2.05) is 0 Å². The van der Waals surface area contributed by atoms with Gasteiger partial charge in [-0.05, 0) is 36.8 Å². The summed E-state index contributed by atoms with van der Waals surface area (Å²) < 4.78 is 10.2. The Labute approximate surface area is 181 Å². The van der Waals surface area contributed by atoms with Gasteiger partial charge in [0, 0.05) is 23.8 Å². The van der Waals surface area contributed by atoms with Crippen molar-refractivity contribution in [2.45, 2.75) is 13.0 Å². The van der Waals surface area contributed by atoms with Gasteiger partial charge >= 0.3 is 5.91 Å². The number of ether oxygens (including phenoxy) is 1. The number of nitro benzene ring substituents is 1. The molecule has 1 aliphatic heterocycles. The number of hydrogen-bond donors (Lipinski definition) is 1. The second-order valence-electron chi connectivity index (χ2n) is 7.05. The van der Waals surface area contributed by atoms with Gasteiger partial charge < -0.3 is 14.4 Å². The molecule has 1 unspecified atom stereocenters. The molecule has 1 saturated heterocycles. The summed E-state index contributed by atoms with van der Waals surface area (Å²) in [6.45, 7) is 1.63. The molecule has 10 heteroatoms. The summed E-state index contributed by atoms with van der Waals surface area (Å²) >= 11 is 0. The standard InChI is InChI=1S/C22H17N3O7/c1-12-10-17(23-32-12)24-19(13-6-8-15(9-7-13)25(29)30)18(21(27)22(24)28)20(26)14-4-3-5-16(11-14)31-2/h3-11,19,26H,1-2H3/b20-18+. The molecule has 4 rings (SSSR count). The molecule has 3 aromatic rings. The predicted molar refractivity (Wildman–Crippen MR) is 112 cm³/mol. The highest BCUT2D eigenvalue weighted by molar-refractivity contribution is 6.51. The SMILES string of the molecule is COc1cccc(/C(O)=C2\C(=O)C(=O)N(c3cc(C)on3)C2c2ccc([N+](=O)[O-])cc2)c1. The molecule has 0 saturated carbocycles. The smallest absolute Gasteiger partial charge is 0.301 e. The summed E-state index contributed by atoms with van der Waals surface area (Å²) in [5.41, 5.74) is 0.305. The van der Waals surface area contributed by atoms with Crippen LogP contribution in [0.4, 0.5) is 11.5 Å². The van der Waals surface area contributed by atoms with Gasteiger partial charge in [0.25, 0.3) is 11.5 Å². The summed E-state index contributed by atoms with van der Waals surface area (Å²) in [6, 6.07) is 12.2. The number of benzene rings is 2. The van der Waals surface area contributed by atoms with E-state index in [1.54, 1.807) is 25.1 Å². The number of nitrogens with zero attached hydrogens (tertiary/aromatic N) is 3. The lowest BCUT2D eigenvalue weighted by Crippen LogP contribution is -2.29. The Morgan fingerprint density at radius 1 is 1.19 bits per heavy atom. The number of non-ortho nitro benzene ring substituents is 1. The van der Waals surface area contributed by atoms with Gasteiger partial charge in [-0.3, -0.25) is 24.6 Å². The normalized spacial score (nSPS) is 17.6. The number of rotatable bonds is 5. The number of Topliss-reactive ketones (excluding diaryl/α,β-unsaturated/α-hetero) is 1. The van der Waals surface area contributed by atoms with E-state index in [2.05, 4.69) is 5.16 Å². The maximum atomic E-state index is 13.0. The van der Waals surface area contributed by atoms with E-state index in [9.17, 15) is 24.8 Å². The van der Waals surface area contributed by atoms with Crippen molar-refractivity contribution in [1.29, 1.82) is 0 Å². The summed E-state index contributed by atoms with van der Waals surface area (Å²) in [7, 11) is 1.46. The van der Waals surface area contributed by atoms with Crippen molar-refractivity contribution >= 4 is 29.0 Å². The third-order valence-corrected chi connectivity index (χ3v) is 5.07. The monoisotopic (exact) mass is 435 g/mol. The minimum absolute atomic E-state index is 0.0812. The van der Waals surface area contributed by atoms with Crippen molar-refractivity contribution < 1.29 is 28.9 Å². The maximum absolute atomic E-state index is 13.0. The van der Waals surface area contributed by atoms with Gasteiger partial charge in [-0.25, -0.2) is 0 Å². The van der Waals surface area contributed by atoms with Crippen LogP contribution in [0, 0.1) is 17.0 Å². The molecule has 2 heterocycles. The van der Waals surface area contributed by atoms with Crippen LogP contribution in [0.15, 0.2) is 64.7 Å². The Balaban J connectivity index is 1.93. The lowest BCUT2D eigenvalue weighted by atomic mass is 9.95. The molecule has 1 atom stereocenters. The quantitative estimate of drug-likeness (QED) is 0.211. The molecule has 0 radical (unpaired) electrons. The molecule has 0 spiro atoms. The molecule has 10 nitrogen and oxygen atoms in total. The van der Waals surface area contributed by atoms with E-state index >= 15 is 0 Å². The fraction of sp³-hybridized carbons (Fsp3) is 0.136. The largest absolute Gasteiger partial charge is 0.507 e. The highest BCUT2D eigenvalue weighted by atomic mass is 16.6. The van der Waals surface area contributed by atoms with E-state index in [0.29, 0.717) is 17.1 Å². The van der Waals surface area contributed by atoms with Crippen LogP contribution in [0.2, 0.25) is 0 Å². The fourth-order valence-electron chi connectivity index (χ4n) is 3.56. The number of carbonyl (C=O) groups excluding carboxylic acids is 2. The van der Waals surface area contributed by atoms with Gasteiger partial charge in [0.15, 0.2) is 5.82 Å². The Kier molecular flexibility index (Phi) is 5.19. The molecule has 32 heavy (non-hydrogen) atoms. The van der Waals surface area contributed by atoms with Gasteiger partial charge in [-0.1, -0.05) is 17.3 Å². The number of carbonyl (C=O) groups is 2. The van der Waals surface area contributed by atoms with Crippen LogP contribution < -0.4 is 9.64 Å². The zero-order valence-corrected chi connectivity index (χ0v) is 17.0.